The van der Waals surface area contributed by atoms with E-state index in [2.05, 4.69) is 132 Å². The van der Waals surface area contributed by atoms with Crippen LogP contribution in [0, 0.1) is 19.8 Å². The molecule has 6 N–H and O–H groups in total. The van der Waals surface area contributed by atoms with E-state index in [1.54, 1.807) is 0 Å². The van der Waals surface area contributed by atoms with E-state index in [1.165, 1.54) is 47.1 Å². The van der Waals surface area contributed by atoms with Gasteiger partial charge in [-0.05, 0) is 60.4 Å². The minimum Gasteiger partial charge on any atom is -0.403 e. The Kier molecular flexibility index (Phi) is 21.8. The van der Waals surface area contributed by atoms with Gasteiger partial charge >= 0.3 is 0 Å². The number of aromatic nitrogens is 1. The standard InChI is InChI=1S/C28H38N6.3C3H8.C2H2/c1-19(29)11-7-5-10-14-23-17-21(15-16-24(23)22-12-8-6-9-13-22)18-31-27-20(2)25-26(30)33(3)34(4)28(25)32-27;3*1-3-2;1-2/h6,8-9,12-13,15-17,26,31-32H,1,5,7,10-11,14,18,29-30H2,2-4H3;3*3H2,1-2H3;1-2H. The van der Waals surface area contributed by atoms with Gasteiger partial charge in [-0.3, -0.25) is 5.01 Å². The molecule has 250 valence electrons. The quantitative estimate of drug-likeness (QED) is 0.135. The van der Waals surface area contributed by atoms with Gasteiger partial charge in [0.25, 0.3) is 0 Å². The molecule has 45 heavy (non-hydrogen) atoms. The maximum atomic E-state index is 6.40. The van der Waals surface area contributed by atoms with Crippen molar-refractivity contribution in [2.75, 3.05) is 24.4 Å². The molecule has 0 spiro atoms. The number of allylic oxidation sites excluding steroid dienone is 1. The summed E-state index contributed by atoms with van der Waals surface area (Å²) in [6.07, 6.45) is 17.0. The highest BCUT2D eigenvalue weighted by molar-refractivity contribution is 5.69. The lowest BCUT2D eigenvalue weighted by atomic mass is 9.93. The molecule has 1 aliphatic heterocycles. The van der Waals surface area contributed by atoms with E-state index in [9.17, 15) is 0 Å². The fourth-order valence-electron chi connectivity index (χ4n) is 4.81. The first-order valence-corrected chi connectivity index (χ1v) is 16.7. The van der Waals surface area contributed by atoms with Gasteiger partial charge < -0.3 is 21.8 Å². The fourth-order valence-corrected chi connectivity index (χ4v) is 4.81. The molecule has 3 aromatic rings. The zero-order valence-corrected chi connectivity index (χ0v) is 30.0. The Morgan fingerprint density at radius 2 is 1.49 bits per heavy atom. The Bertz CT molecular complexity index is 1220. The number of hydrogen-bond acceptors (Lipinski definition) is 5. The Hall–Kier alpha value is -3.66. The summed E-state index contributed by atoms with van der Waals surface area (Å²) in [5.74, 6) is 2.10. The van der Waals surface area contributed by atoms with Crippen LogP contribution >= 0.6 is 0 Å². The number of H-pyrrole nitrogens is 1. The number of unbranched alkanes of at least 4 members (excludes halogenated alkanes) is 2. The molecule has 0 aliphatic carbocycles. The van der Waals surface area contributed by atoms with Gasteiger partial charge in [-0.2, -0.15) is 0 Å². The second-order valence-electron chi connectivity index (χ2n) is 11.5. The largest absolute Gasteiger partial charge is 0.403 e. The zero-order valence-electron chi connectivity index (χ0n) is 30.0. The Balaban J connectivity index is 0.00000155. The molecule has 0 fully saturated rings. The van der Waals surface area contributed by atoms with Crippen LogP contribution in [-0.2, 0) is 13.0 Å². The second-order valence-corrected chi connectivity index (χ2v) is 11.5. The number of hydrazine groups is 1. The van der Waals surface area contributed by atoms with Gasteiger partial charge in [0, 0.05) is 31.9 Å². The van der Waals surface area contributed by atoms with Crippen LogP contribution < -0.4 is 21.8 Å². The summed E-state index contributed by atoms with van der Waals surface area (Å²) in [6, 6.07) is 17.5. The molecule has 6 nitrogen and oxygen atoms in total. The predicted molar refractivity (Wildman–Crippen MR) is 201 cm³/mol. The van der Waals surface area contributed by atoms with Crippen molar-refractivity contribution >= 4 is 11.6 Å². The fraction of sp³-hybridized carbons (Fsp3) is 0.487. The number of benzene rings is 2. The van der Waals surface area contributed by atoms with Crippen molar-refractivity contribution in [3.05, 3.63) is 83.1 Å². The van der Waals surface area contributed by atoms with E-state index in [4.69, 9.17) is 11.5 Å². The van der Waals surface area contributed by atoms with Crippen LogP contribution in [0.4, 0.5) is 11.6 Å². The van der Waals surface area contributed by atoms with Gasteiger partial charge in [-0.15, -0.1) is 12.8 Å². The predicted octanol–water partition coefficient (Wildman–Crippen LogP) is 9.93. The van der Waals surface area contributed by atoms with Crippen LogP contribution in [0.3, 0.4) is 0 Å². The first-order valence-electron chi connectivity index (χ1n) is 16.7. The third-order valence-electron chi connectivity index (χ3n) is 6.94. The highest BCUT2D eigenvalue weighted by Gasteiger charge is 2.33. The van der Waals surface area contributed by atoms with Gasteiger partial charge in [0.15, 0.2) is 0 Å². The highest BCUT2D eigenvalue weighted by Crippen LogP contribution is 2.40. The van der Waals surface area contributed by atoms with Crippen LogP contribution in [0.2, 0.25) is 0 Å². The van der Waals surface area contributed by atoms with Crippen LogP contribution in [0.5, 0.6) is 0 Å². The molecule has 0 saturated carbocycles. The zero-order chi connectivity index (χ0) is 34.4. The molecule has 0 bridgehead atoms. The summed E-state index contributed by atoms with van der Waals surface area (Å²) in [4.78, 5) is 3.53. The van der Waals surface area contributed by atoms with E-state index in [-0.39, 0.29) is 6.17 Å². The number of fused-ring (bicyclic) bond motifs is 1. The molecule has 0 radical (unpaired) electrons. The number of nitrogens with zero attached hydrogens (tertiary/aromatic N) is 2. The second kappa shape index (κ2) is 23.7. The molecule has 4 rings (SSSR count). The van der Waals surface area contributed by atoms with E-state index < -0.39 is 0 Å². The lowest BCUT2D eigenvalue weighted by Crippen LogP contribution is -2.37. The van der Waals surface area contributed by atoms with Gasteiger partial charge in [0.05, 0.1) is 0 Å². The highest BCUT2D eigenvalue weighted by atomic mass is 15.7. The van der Waals surface area contributed by atoms with Gasteiger partial charge in [-0.1, -0.05) is 122 Å². The van der Waals surface area contributed by atoms with Crippen molar-refractivity contribution in [3.8, 4) is 24.0 Å². The van der Waals surface area contributed by atoms with Crippen LogP contribution in [0.1, 0.15) is 115 Å². The number of aryl methyl sites for hydroxylation is 1. The summed E-state index contributed by atoms with van der Waals surface area (Å²) in [7, 11) is 4.04. The number of aromatic amines is 1. The number of nitrogens with two attached hydrogens (primary N) is 2. The van der Waals surface area contributed by atoms with Gasteiger partial charge in [0.2, 0.25) is 0 Å². The Morgan fingerprint density at radius 1 is 0.911 bits per heavy atom. The molecule has 2 heterocycles. The Labute approximate surface area is 276 Å². The molecule has 0 amide bonds. The van der Waals surface area contributed by atoms with Gasteiger partial charge in [-0.25, -0.2) is 5.01 Å². The SMILES string of the molecule is C#C.C=C(N)CCCCCc1cc(CNc2[nH]c3c(c2C)C(N)N(C)N3C)ccc1-c1ccccc1.CCC.CCC.CCC. The molecule has 6 heteroatoms. The summed E-state index contributed by atoms with van der Waals surface area (Å²) in [5, 5.41) is 7.72. The number of nitrogens with one attached hydrogen (secondary N) is 2. The average Bonchev–Trinajstić information content (AvgIpc) is 3.47. The molecule has 2 aromatic carbocycles. The summed E-state index contributed by atoms with van der Waals surface area (Å²) < 4.78 is 0. The maximum absolute atomic E-state index is 6.40. The van der Waals surface area contributed by atoms with Crippen molar-refractivity contribution in [1.29, 1.82) is 0 Å². The first kappa shape index (κ1) is 41.3. The minimum atomic E-state index is -0.125. The smallest absolute Gasteiger partial charge is 0.128 e. The van der Waals surface area contributed by atoms with E-state index in [1.807, 2.05) is 19.1 Å². The average molecular weight is 617 g/mol. The van der Waals surface area contributed by atoms with Gasteiger partial charge in [0.1, 0.15) is 17.8 Å². The van der Waals surface area contributed by atoms with Crippen LogP contribution in [-0.4, -0.2) is 24.1 Å². The lowest BCUT2D eigenvalue weighted by molar-refractivity contribution is 0.267. The van der Waals surface area contributed by atoms with Crippen molar-refractivity contribution in [2.45, 2.75) is 113 Å². The summed E-state index contributed by atoms with van der Waals surface area (Å²) in [5.41, 5.74) is 20.5. The number of hydrogen-bond donors (Lipinski definition) is 4. The lowest BCUT2D eigenvalue weighted by Gasteiger charge is -2.25. The summed E-state index contributed by atoms with van der Waals surface area (Å²) >= 11 is 0. The van der Waals surface area contributed by atoms with Crippen molar-refractivity contribution < 1.29 is 0 Å². The third-order valence-corrected chi connectivity index (χ3v) is 6.94. The number of terminal acetylenes is 1. The van der Waals surface area contributed by atoms with E-state index >= 15 is 0 Å². The number of rotatable bonds is 10. The molecule has 1 unspecified atom stereocenters. The Morgan fingerprint density at radius 3 is 2.02 bits per heavy atom. The molecule has 0 saturated heterocycles. The van der Waals surface area contributed by atoms with Crippen molar-refractivity contribution in [1.82, 2.24) is 9.99 Å². The number of anilines is 2. The molecule has 1 aromatic heterocycles. The van der Waals surface area contributed by atoms with Crippen molar-refractivity contribution in [3.63, 3.8) is 0 Å². The molecule has 1 atom stereocenters. The normalized spacial score (nSPS) is 13.0. The van der Waals surface area contributed by atoms with E-state index in [0.717, 1.165) is 61.5 Å². The van der Waals surface area contributed by atoms with Crippen LogP contribution in [0.15, 0.2) is 60.8 Å². The van der Waals surface area contributed by atoms with E-state index in [0.29, 0.717) is 0 Å². The topological polar surface area (TPSA) is 86.3 Å². The monoisotopic (exact) mass is 617 g/mol. The first-order chi connectivity index (χ1) is 21.6. The molecular formula is C39H64N6. The summed E-state index contributed by atoms with van der Waals surface area (Å²) in [6.45, 7) is 19.4. The molecule has 1 aliphatic rings. The minimum absolute atomic E-state index is 0.125. The third kappa shape index (κ3) is 13.5. The molecular weight excluding hydrogens is 552 g/mol. The maximum Gasteiger partial charge on any atom is 0.128 e. The van der Waals surface area contributed by atoms with Crippen molar-refractivity contribution in [2.24, 2.45) is 11.5 Å². The van der Waals surface area contributed by atoms with Crippen LogP contribution in [0.25, 0.3) is 11.1 Å².